The summed E-state index contributed by atoms with van der Waals surface area (Å²) >= 11 is 1.78. The van der Waals surface area contributed by atoms with Crippen LogP contribution in [0.15, 0.2) is 16.0 Å². The Morgan fingerprint density at radius 2 is 2.25 bits per heavy atom. The highest BCUT2D eigenvalue weighted by Crippen LogP contribution is 2.34. The SMILES string of the molecule is NC1(c2noc(CCC(=O)N3CCc4sccc4C3)n2)CCCC1. The lowest BCUT2D eigenvalue weighted by atomic mass is 9.99. The first-order valence-electron chi connectivity index (χ1n) is 8.59. The van der Waals surface area contributed by atoms with Gasteiger partial charge in [-0.3, -0.25) is 4.79 Å². The van der Waals surface area contributed by atoms with Crippen molar-refractivity contribution in [3.8, 4) is 0 Å². The van der Waals surface area contributed by atoms with Crippen LogP contribution in [0.1, 0.15) is 54.3 Å². The lowest BCUT2D eigenvalue weighted by Gasteiger charge is -2.26. The highest BCUT2D eigenvalue weighted by molar-refractivity contribution is 7.10. The predicted molar refractivity (Wildman–Crippen MR) is 90.4 cm³/mol. The molecule has 2 aromatic rings. The van der Waals surface area contributed by atoms with E-state index in [2.05, 4.69) is 21.6 Å². The maximum Gasteiger partial charge on any atom is 0.227 e. The molecule has 1 aliphatic heterocycles. The first kappa shape index (κ1) is 15.8. The van der Waals surface area contributed by atoms with E-state index in [-0.39, 0.29) is 5.91 Å². The molecule has 0 radical (unpaired) electrons. The van der Waals surface area contributed by atoms with Crippen LogP contribution in [0.25, 0.3) is 0 Å². The Labute approximate surface area is 145 Å². The molecule has 6 nitrogen and oxygen atoms in total. The zero-order chi connectivity index (χ0) is 16.6. The Balaban J connectivity index is 1.34. The normalized spacial score (nSPS) is 19.5. The van der Waals surface area contributed by atoms with E-state index in [1.807, 2.05) is 4.90 Å². The molecule has 7 heteroatoms. The van der Waals surface area contributed by atoms with Crippen LogP contribution < -0.4 is 5.73 Å². The molecule has 0 spiro atoms. The maximum atomic E-state index is 12.4. The minimum Gasteiger partial charge on any atom is -0.339 e. The number of nitrogens with two attached hydrogens (primary N) is 1. The Hall–Kier alpha value is -1.73. The van der Waals surface area contributed by atoms with E-state index < -0.39 is 5.54 Å². The Bertz CT molecular complexity index is 733. The van der Waals surface area contributed by atoms with Crippen LogP contribution >= 0.6 is 11.3 Å². The van der Waals surface area contributed by atoms with Gasteiger partial charge in [-0.05, 0) is 36.3 Å². The number of fused-ring (bicyclic) bond motifs is 1. The van der Waals surface area contributed by atoms with Gasteiger partial charge in [0.1, 0.15) is 0 Å². The number of thiophene rings is 1. The zero-order valence-electron chi connectivity index (χ0n) is 13.7. The summed E-state index contributed by atoms with van der Waals surface area (Å²) in [5.41, 5.74) is 7.19. The van der Waals surface area contributed by atoms with Crippen LogP contribution in [0.3, 0.4) is 0 Å². The molecule has 0 atom stereocenters. The number of aromatic nitrogens is 2. The van der Waals surface area contributed by atoms with Gasteiger partial charge in [-0.2, -0.15) is 4.98 Å². The van der Waals surface area contributed by atoms with Crippen LogP contribution in [0.5, 0.6) is 0 Å². The van der Waals surface area contributed by atoms with Crippen molar-refractivity contribution in [3.63, 3.8) is 0 Å². The third kappa shape index (κ3) is 2.98. The molecule has 0 unspecified atom stereocenters. The average Bonchev–Trinajstić information content (AvgIpc) is 3.32. The van der Waals surface area contributed by atoms with E-state index in [1.54, 1.807) is 11.3 Å². The maximum absolute atomic E-state index is 12.4. The Kier molecular flexibility index (Phi) is 4.14. The Morgan fingerprint density at radius 1 is 1.42 bits per heavy atom. The minimum absolute atomic E-state index is 0.148. The number of amides is 1. The van der Waals surface area contributed by atoms with E-state index in [1.165, 1.54) is 10.4 Å². The van der Waals surface area contributed by atoms with Crippen LogP contribution in [-0.2, 0) is 29.7 Å². The smallest absolute Gasteiger partial charge is 0.227 e. The van der Waals surface area contributed by atoms with Crippen LogP contribution in [0.4, 0.5) is 0 Å². The fourth-order valence-electron chi connectivity index (χ4n) is 3.62. The summed E-state index contributed by atoms with van der Waals surface area (Å²) in [5.74, 6) is 1.27. The molecular formula is C17H22N4O2S. The summed E-state index contributed by atoms with van der Waals surface area (Å²) in [6.07, 6.45) is 5.87. The van der Waals surface area contributed by atoms with Gasteiger partial charge in [0.15, 0.2) is 5.82 Å². The first-order valence-corrected chi connectivity index (χ1v) is 9.47. The summed E-state index contributed by atoms with van der Waals surface area (Å²) in [6.45, 7) is 1.52. The second kappa shape index (κ2) is 6.29. The van der Waals surface area contributed by atoms with Crippen molar-refractivity contribution in [2.24, 2.45) is 5.73 Å². The van der Waals surface area contributed by atoms with Gasteiger partial charge in [0.2, 0.25) is 11.8 Å². The van der Waals surface area contributed by atoms with Crippen molar-refractivity contribution >= 4 is 17.2 Å². The molecule has 2 aromatic heterocycles. The summed E-state index contributed by atoms with van der Waals surface area (Å²) < 4.78 is 5.31. The van der Waals surface area contributed by atoms with Gasteiger partial charge < -0.3 is 15.2 Å². The van der Waals surface area contributed by atoms with Gasteiger partial charge in [-0.15, -0.1) is 11.3 Å². The van der Waals surface area contributed by atoms with Crippen LogP contribution in [-0.4, -0.2) is 27.5 Å². The molecule has 1 amide bonds. The van der Waals surface area contributed by atoms with Crippen molar-refractivity contribution in [2.45, 2.75) is 57.0 Å². The molecule has 0 bridgehead atoms. The second-order valence-corrected chi connectivity index (χ2v) is 7.81. The summed E-state index contributed by atoms with van der Waals surface area (Å²) in [5, 5.41) is 6.15. The van der Waals surface area contributed by atoms with Gasteiger partial charge in [-0.25, -0.2) is 0 Å². The van der Waals surface area contributed by atoms with Gasteiger partial charge in [-0.1, -0.05) is 18.0 Å². The largest absolute Gasteiger partial charge is 0.339 e. The second-order valence-electron chi connectivity index (χ2n) is 6.81. The number of hydrogen-bond acceptors (Lipinski definition) is 6. The zero-order valence-corrected chi connectivity index (χ0v) is 14.5. The number of rotatable bonds is 4. The lowest BCUT2D eigenvalue weighted by Crippen LogP contribution is -2.35. The lowest BCUT2D eigenvalue weighted by molar-refractivity contribution is -0.132. The monoisotopic (exact) mass is 346 g/mol. The van der Waals surface area contributed by atoms with Crippen molar-refractivity contribution in [1.82, 2.24) is 15.0 Å². The quantitative estimate of drug-likeness (QED) is 0.919. The highest BCUT2D eigenvalue weighted by atomic mass is 32.1. The van der Waals surface area contributed by atoms with E-state index in [4.69, 9.17) is 10.3 Å². The molecule has 1 aliphatic carbocycles. The fraction of sp³-hybridized carbons (Fsp3) is 0.588. The Morgan fingerprint density at radius 3 is 3.08 bits per heavy atom. The fourth-order valence-corrected chi connectivity index (χ4v) is 4.51. The van der Waals surface area contributed by atoms with Gasteiger partial charge in [0, 0.05) is 30.8 Å². The van der Waals surface area contributed by atoms with E-state index in [0.717, 1.165) is 45.2 Å². The number of aryl methyl sites for hydroxylation is 1. The van der Waals surface area contributed by atoms with E-state index >= 15 is 0 Å². The van der Waals surface area contributed by atoms with Crippen molar-refractivity contribution in [3.05, 3.63) is 33.6 Å². The predicted octanol–water partition coefficient (Wildman–Crippen LogP) is 2.38. The number of hydrogen-bond donors (Lipinski definition) is 1. The summed E-state index contributed by atoms with van der Waals surface area (Å²) in [4.78, 5) is 20.2. The molecule has 2 aliphatic rings. The summed E-state index contributed by atoms with van der Waals surface area (Å²) in [6, 6.07) is 2.12. The van der Waals surface area contributed by atoms with E-state index in [9.17, 15) is 4.79 Å². The van der Waals surface area contributed by atoms with Gasteiger partial charge in [0.25, 0.3) is 0 Å². The average molecular weight is 346 g/mol. The van der Waals surface area contributed by atoms with Crippen molar-refractivity contribution in [2.75, 3.05) is 6.54 Å². The first-order chi connectivity index (χ1) is 11.6. The third-order valence-electron chi connectivity index (χ3n) is 5.12. The number of nitrogens with zero attached hydrogens (tertiary/aromatic N) is 3. The molecule has 24 heavy (non-hydrogen) atoms. The minimum atomic E-state index is -0.437. The van der Waals surface area contributed by atoms with Crippen LogP contribution in [0, 0.1) is 0 Å². The van der Waals surface area contributed by atoms with E-state index in [0.29, 0.717) is 24.6 Å². The third-order valence-corrected chi connectivity index (χ3v) is 6.15. The number of carbonyl (C=O) groups is 1. The van der Waals surface area contributed by atoms with Crippen molar-refractivity contribution in [1.29, 1.82) is 0 Å². The molecule has 128 valence electrons. The molecular weight excluding hydrogens is 324 g/mol. The van der Waals surface area contributed by atoms with Gasteiger partial charge in [0.05, 0.1) is 5.54 Å². The van der Waals surface area contributed by atoms with Gasteiger partial charge >= 0.3 is 0 Å². The molecule has 1 fully saturated rings. The standard InChI is InChI=1S/C17H22N4O2S/c18-17(7-1-2-8-17)16-19-14(23-20-16)3-4-15(22)21-9-5-13-12(11-21)6-10-24-13/h6,10H,1-5,7-9,11,18H2. The molecule has 0 aromatic carbocycles. The molecule has 4 rings (SSSR count). The summed E-state index contributed by atoms with van der Waals surface area (Å²) in [7, 11) is 0. The topological polar surface area (TPSA) is 85.2 Å². The molecule has 0 saturated heterocycles. The molecule has 3 heterocycles. The number of carbonyl (C=O) groups excluding carboxylic acids is 1. The van der Waals surface area contributed by atoms with Crippen molar-refractivity contribution < 1.29 is 9.32 Å². The highest BCUT2D eigenvalue weighted by Gasteiger charge is 2.36. The molecule has 1 saturated carbocycles. The van der Waals surface area contributed by atoms with Crippen LogP contribution in [0.2, 0.25) is 0 Å². The molecule has 2 N–H and O–H groups in total.